The molecule has 1 heterocycles. The third kappa shape index (κ3) is 3.84. The first-order chi connectivity index (χ1) is 11.6. The van der Waals surface area contributed by atoms with Crippen LogP contribution in [-0.2, 0) is 0 Å². The van der Waals surface area contributed by atoms with Crippen molar-refractivity contribution in [2.45, 2.75) is 20.0 Å². The second-order valence-corrected chi connectivity index (χ2v) is 5.50. The van der Waals surface area contributed by atoms with Gasteiger partial charge in [-0.25, -0.2) is 5.43 Å². The van der Waals surface area contributed by atoms with Crippen molar-refractivity contribution in [2.75, 3.05) is 6.79 Å². The summed E-state index contributed by atoms with van der Waals surface area (Å²) < 4.78 is 16.1. The van der Waals surface area contributed by atoms with E-state index in [1.165, 1.54) is 0 Å². The molecule has 0 radical (unpaired) electrons. The van der Waals surface area contributed by atoms with E-state index in [4.69, 9.17) is 14.2 Å². The molecule has 2 aromatic rings. The van der Waals surface area contributed by atoms with Gasteiger partial charge in [0.05, 0.1) is 12.3 Å². The fourth-order valence-corrected chi connectivity index (χ4v) is 2.18. The summed E-state index contributed by atoms with van der Waals surface area (Å²) in [5.41, 5.74) is 3.81. The van der Waals surface area contributed by atoms with Gasteiger partial charge in [0.25, 0.3) is 5.91 Å². The lowest BCUT2D eigenvalue weighted by Gasteiger charge is -2.09. The van der Waals surface area contributed by atoms with Gasteiger partial charge in [-0.2, -0.15) is 5.10 Å². The maximum absolute atomic E-state index is 12.0. The molecule has 0 saturated carbocycles. The van der Waals surface area contributed by atoms with Crippen LogP contribution in [0.1, 0.15) is 29.8 Å². The number of rotatable bonds is 5. The number of ether oxygens (including phenoxy) is 3. The summed E-state index contributed by atoms with van der Waals surface area (Å²) in [5, 5.41) is 3.96. The molecule has 0 bridgehead atoms. The number of hydrazone groups is 1. The van der Waals surface area contributed by atoms with Crippen LogP contribution in [0, 0.1) is 0 Å². The molecule has 1 aliphatic rings. The molecule has 3 rings (SSSR count). The Morgan fingerprint density at radius 2 is 1.92 bits per heavy atom. The lowest BCUT2D eigenvalue weighted by Crippen LogP contribution is -2.17. The van der Waals surface area contributed by atoms with Gasteiger partial charge in [0, 0.05) is 5.56 Å². The Labute approximate surface area is 140 Å². The fraction of sp³-hybridized carbons (Fsp3) is 0.222. The normalized spacial score (nSPS) is 12.6. The zero-order valence-corrected chi connectivity index (χ0v) is 13.5. The van der Waals surface area contributed by atoms with Crippen LogP contribution in [0.15, 0.2) is 47.6 Å². The number of hydrogen-bond donors (Lipinski definition) is 1. The van der Waals surface area contributed by atoms with Gasteiger partial charge in [0.1, 0.15) is 5.75 Å². The number of nitrogens with one attached hydrogen (secondary N) is 1. The van der Waals surface area contributed by atoms with Crippen molar-refractivity contribution in [3.05, 3.63) is 53.6 Å². The summed E-state index contributed by atoms with van der Waals surface area (Å²) in [6.07, 6.45) is 1.65. The van der Waals surface area contributed by atoms with Crippen molar-refractivity contribution < 1.29 is 19.0 Å². The Bertz CT molecular complexity index is 754. The molecule has 2 aromatic carbocycles. The highest BCUT2D eigenvalue weighted by atomic mass is 16.7. The predicted molar refractivity (Wildman–Crippen MR) is 89.8 cm³/mol. The van der Waals surface area contributed by atoms with E-state index < -0.39 is 0 Å². The summed E-state index contributed by atoms with van der Waals surface area (Å²) >= 11 is 0. The zero-order valence-electron chi connectivity index (χ0n) is 13.5. The molecular formula is C18H18N2O4. The summed E-state index contributed by atoms with van der Waals surface area (Å²) in [4.78, 5) is 12.0. The first-order valence-corrected chi connectivity index (χ1v) is 7.61. The van der Waals surface area contributed by atoms with E-state index >= 15 is 0 Å². The van der Waals surface area contributed by atoms with E-state index in [-0.39, 0.29) is 18.8 Å². The van der Waals surface area contributed by atoms with Crippen LogP contribution < -0.4 is 19.6 Å². The summed E-state index contributed by atoms with van der Waals surface area (Å²) in [6.45, 7) is 4.13. The number of nitrogens with zero attached hydrogens (tertiary/aromatic N) is 1. The molecule has 24 heavy (non-hydrogen) atoms. The van der Waals surface area contributed by atoms with Gasteiger partial charge in [-0.15, -0.1) is 0 Å². The van der Waals surface area contributed by atoms with Gasteiger partial charge in [-0.05, 0) is 61.9 Å². The Hall–Kier alpha value is -3.02. The number of hydrogen-bond acceptors (Lipinski definition) is 5. The molecule has 0 spiro atoms. The van der Waals surface area contributed by atoms with Gasteiger partial charge >= 0.3 is 0 Å². The largest absolute Gasteiger partial charge is 0.491 e. The molecule has 0 unspecified atom stereocenters. The Morgan fingerprint density at radius 1 is 1.17 bits per heavy atom. The smallest absolute Gasteiger partial charge is 0.271 e. The molecule has 0 saturated heterocycles. The average Bonchev–Trinajstić information content (AvgIpc) is 3.02. The van der Waals surface area contributed by atoms with Crippen LogP contribution in [0.25, 0.3) is 0 Å². The second kappa shape index (κ2) is 7.04. The van der Waals surface area contributed by atoms with Crippen molar-refractivity contribution in [3.63, 3.8) is 0 Å². The lowest BCUT2D eigenvalue weighted by atomic mass is 10.2. The maximum Gasteiger partial charge on any atom is 0.271 e. The van der Waals surface area contributed by atoms with Crippen molar-refractivity contribution in [2.24, 2.45) is 5.10 Å². The molecule has 6 nitrogen and oxygen atoms in total. The number of carbonyl (C=O) groups excluding carboxylic acids is 1. The van der Waals surface area contributed by atoms with E-state index in [0.29, 0.717) is 17.1 Å². The Balaban J connectivity index is 1.58. The SMILES string of the molecule is CC(C)Oc1ccc(C(=O)NN=Cc2ccc3c(c2)OCO3)cc1. The van der Waals surface area contributed by atoms with Gasteiger partial charge < -0.3 is 14.2 Å². The minimum absolute atomic E-state index is 0.0935. The maximum atomic E-state index is 12.0. The fourth-order valence-electron chi connectivity index (χ4n) is 2.18. The third-order valence-electron chi connectivity index (χ3n) is 3.26. The number of fused-ring (bicyclic) bond motifs is 1. The summed E-state index contributed by atoms with van der Waals surface area (Å²) in [5.74, 6) is 1.82. The lowest BCUT2D eigenvalue weighted by molar-refractivity contribution is 0.0955. The summed E-state index contributed by atoms with van der Waals surface area (Å²) in [7, 11) is 0. The van der Waals surface area contributed by atoms with E-state index in [0.717, 1.165) is 11.3 Å². The van der Waals surface area contributed by atoms with Crippen LogP contribution >= 0.6 is 0 Å². The molecule has 1 N–H and O–H groups in total. The van der Waals surface area contributed by atoms with E-state index in [1.54, 1.807) is 42.6 Å². The van der Waals surface area contributed by atoms with E-state index in [9.17, 15) is 4.79 Å². The Morgan fingerprint density at radius 3 is 2.67 bits per heavy atom. The molecule has 6 heteroatoms. The standard InChI is InChI=1S/C18H18N2O4/c1-12(2)24-15-6-4-14(5-7-15)18(21)20-19-10-13-3-8-16-17(9-13)23-11-22-16/h3-10,12H,11H2,1-2H3,(H,20,21). The predicted octanol–water partition coefficient (Wildman–Crippen LogP) is 2.97. The van der Waals surface area contributed by atoms with Crippen molar-refractivity contribution >= 4 is 12.1 Å². The van der Waals surface area contributed by atoms with Crippen molar-refractivity contribution in [1.82, 2.24) is 5.43 Å². The number of benzene rings is 2. The third-order valence-corrected chi connectivity index (χ3v) is 3.26. The highest BCUT2D eigenvalue weighted by Gasteiger charge is 2.12. The molecule has 0 atom stereocenters. The number of amides is 1. The monoisotopic (exact) mass is 326 g/mol. The van der Waals surface area contributed by atoms with Gasteiger partial charge in [0.15, 0.2) is 11.5 Å². The molecule has 0 aromatic heterocycles. The molecule has 1 amide bonds. The zero-order chi connectivity index (χ0) is 16.9. The van der Waals surface area contributed by atoms with Crippen LogP contribution in [0.5, 0.6) is 17.2 Å². The van der Waals surface area contributed by atoms with E-state index in [1.807, 2.05) is 19.9 Å². The summed E-state index contributed by atoms with van der Waals surface area (Å²) in [6, 6.07) is 12.4. The molecule has 0 fully saturated rings. The Kier molecular flexibility index (Phi) is 4.65. The quantitative estimate of drug-likeness (QED) is 0.677. The van der Waals surface area contributed by atoms with Gasteiger partial charge in [-0.3, -0.25) is 4.79 Å². The van der Waals surface area contributed by atoms with Gasteiger partial charge in [0.2, 0.25) is 6.79 Å². The minimum Gasteiger partial charge on any atom is -0.491 e. The van der Waals surface area contributed by atoms with Crippen LogP contribution in [0.2, 0.25) is 0 Å². The van der Waals surface area contributed by atoms with Crippen LogP contribution in [0.4, 0.5) is 0 Å². The average molecular weight is 326 g/mol. The molecule has 1 aliphatic heterocycles. The minimum atomic E-state index is -0.289. The van der Waals surface area contributed by atoms with Crippen molar-refractivity contribution in [3.8, 4) is 17.2 Å². The first kappa shape index (κ1) is 15.9. The van der Waals surface area contributed by atoms with Crippen LogP contribution in [0.3, 0.4) is 0 Å². The van der Waals surface area contributed by atoms with Crippen molar-refractivity contribution in [1.29, 1.82) is 0 Å². The first-order valence-electron chi connectivity index (χ1n) is 7.61. The van der Waals surface area contributed by atoms with E-state index in [2.05, 4.69) is 10.5 Å². The second-order valence-electron chi connectivity index (χ2n) is 5.50. The number of carbonyl (C=O) groups is 1. The highest BCUT2D eigenvalue weighted by molar-refractivity contribution is 5.95. The van der Waals surface area contributed by atoms with Crippen LogP contribution in [-0.4, -0.2) is 25.0 Å². The topological polar surface area (TPSA) is 69.2 Å². The molecule has 124 valence electrons. The molecular weight excluding hydrogens is 308 g/mol. The van der Waals surface area contributed by atoms with Gasteiger partial charge in [-0.1, -0.05) is 0 Å². The highest BCUT2D eigenvalue weighted by Crippen LogP contribution is 2.31. The molecule has 0 aliphatic carbocycles.